The topological polar surface area (TPSA) is 41.1 Å². The molecule has 3 rings (SSSR count). The van der Waals surface area contributed by atoms with Crippen molar-refractivity contribution in [3.8, 4) is 0 Å². The number of aromatic nitrogens is 2. The van der Waals surface area contributed by atoms with Gasteiger partial charge in [-0.3, -0.25) is 0 Å². The molecule has 0 amide bonds. The average Bonchev–Trinajstić information content (AvgIpc) is 2.93. The van der Waals surface area contributed by atoms with Gasteiger partial charge in [-0.15, -0.1) is 0 Å². The van der Waals surface area contributed by atoms with E-state index in [9.17, 15) is 0 Å². The molecule has 1 atom stereocenters. The van der Waals surface area contributed by atoms with Gasteiger partial charge in [-0.25, -0.2) is 9.97 Å². The fourth-order valence-corrected chi connectivity index (χ4v) is 2.95. The maximum absolute atomic E-state index is 4.81. The summed E-state index contributed by atoms with van der Waals surface area (Å²) < 4.78 is 0. The molecule has 3 heterocycles. The Morgan fingerprint density at radius 3 is 2.78 bits per heavy atom. The van der Waals surface area contributed by atoms with Crippen LogP contribution in [0.3, 0.4) is 0 Å². The molecule has 2 aliphatic heterocycles. The van der Waals surface area contributed by atoms with Crippen molar-refractivity contribution in [1.29, 1.82) is 0 Å². The molecule has 0 radical (unpaired) electrons. The lowest BCUT2D eigenvalue weighted by Gasteiger charge is -2.24. The summed E-state index contributed by atoms with van der Waals surface area (Å²) in [4.78, 5) is 11.7. The highest BCUT2D eigenvalue weighted by atomic mass is 15.3. The highest BCUT2D eigenvalue weighted by molar-refractivity contribution is 5.34. The second-order valence-electron chi connectivity index (χ2n) is 5.47. The van der Waals surface area contributed by atoms with Gasteiger partial charge in [0.05, 0.1) is 5.69 Å². The molecule has 0 spiro atoms. The summed E-state index contributed by atoms with van der Waals surface area (Å²) in [6.07, 6.45) is 5.06. The van der Waals surface area contributed by atoms with E-state index in [4.69, 9.17) is 4.98 Å². The third kappa shape index (κ3) is 2.48. The highest BCUT2D eigenvalue weighted by Gasteiger charge is 2.20. The Bertz CT molecular complexity index is 406. The van der Waals surface area contributed by atoms with E-state index in [1.165, 1.54) is 31.4 Å². The molecule has 2 fully saturated rings. The molecular weight excluding hydrogens is 224 g/mol. The van der Waals surface area contributed by atoms with Gasteiger partial charge in [0, 0.05) is 31.2 Å². The SMILES string of the molecule is Cc1cc(C2CCCNC2)nc(N2CCCC2)n1. The van der Waals surface area contributed by atoms with Crippen molar-refractivity contribution in [2.24, 2.45) is 0 Å². The number of piperidine rings is 1. The van der Waals surface area contributed by atoms with Crippen LogP contribution >= 0.6 is 0 Å². The van der Waals surface area contributed by atoms with Crippen molar-refractivity contribution < 1.29 is 0 Å². The Morgan fingerprint density at radius 2 is 2.06 bits per heavy atom. The van der Waals surface area contributed by atoms with E-state index in [1.54, 1.807) is 0 Å². The number of nitrogens with one attached hydrogen (secondary N) is 1. The lowest BCUT2D eigenvalue weighted by molar-refractivity contribution is 0.454. The molecule has 4 heteroatoms. The summed E-state index contributed by atoms with van der Waals surface area (Å²) in [6, 6.07) is 2.16. The molecule has 1 N–H and O–H groups in total. The molecular formula is C14H22N4. The zero-order valence-corrected chi connectivity index (χ0v) is 11.2. The summed E-state index contributed by atoms with van der Waals surface area (Å²) in [5.74, 6) is 1.52. The normalized spacial score (nSPS) is 24.5. The smallest absolute Gasteiger partial charge is 0.225 e. The molecule has 0 aliphatic carbocycles. The van der Waals surface area contributed by atoms with Gasteiger partial charge in [0.15, 0.2) is 0 Å². The molecule has 2 saturated heterocycles. The van der Waals surface area contributed by atoms with Crippen LogP contribution in [0, 0.1) is 6.92 Å². The third-order valence-electron chi connectivity index (χ3n) is 3.97. The molecule has 1 aromatic heterocycles. The van der Waals surface area contributed by atoms with Crippen molar-refractivity contribution in [2.75, 3.05) is 31.1 Å². The first-order valence-corrected chi connectivity index (χ1v) is 7.14. The summed E-state index contributed by atoms with van der Waals surface area (Å²) in [5, 5.41) is 3.47. The fourth-order valence-electron chi connectivity index (χ4n) is 2.95. The Hall–Kier alpha value is -1.16. The van der Waals surface area contributed by atoms with Gasteiger partial charge in [0.25, 0.3) is 0 Å². The van der Waals surface area contributed by atoms with Crippen molar-refractivity contribution >= 4 is 5.95 Å². The quantitative estimate of drug-likeness (QED) is 0.864. The van der Waals surface area contributed by atoms with Gasteiger partial charge < -0.3 is 10.2 Å². The van der Waals surface area contributed by atoms with Gasteiger partial charge in [-0.2, -0.15) is 0 Å². The zero-order valence-electron chi connectivity index (χ0n) is 11.2. The van der Waals surface area contributed by atoms with E-state index in [-0.39, 0.29) is 0 Å². The number of aryl methyl sites for hydroxylation is 1. The first kappa shape index (κ1) is 11.9. The minimum absolute atomic E-state index is 0.571. The van der Waals surface area contributed by atoms with Crippen molar-refractivity contribution in [3.05, 3.63) is 17.5 Å². The Kier molecular flexibility index (Phi) is 3.46. The molecule has 18 heavy (non-hydrogen) atoms. The standard InChI is InChI=1S/C14H22N4/c1-11-9-13(12-5-4-6-15-10-12)17-14(16-11)18-7-2-3-8-18/h9,12,15H,2-8,10H2,1H3. The molecule has 0 saturated carbocycles. The van der Waals surface area contributed by atoms with Gasteiger partial charge >= 0.3 is 0 Å². The van der Waals surface area contributed by atoms with Gasteiger partial charge in [0.1, 0.15) is 0 Å². The average molecular weight is 246 g/mol. The number of nitrogens with zero attached hydrogens (tertiary/aromatic N) is 3. The predicted molar refractivity (Wildman–Crippen MR) is 73.1 cm³/mol. The van der Waals surface area contributed by atoms with Crippen LogP contribution in [0.5, 0.6) is 0 Å². The van der Waals surface area contributed by atoms with Crippen LogP contribution in [0.2, 0.25) is 0 Å². The maximum Gasteiger partial charge on any atom is 0.225 e. The number of hydrogen-bond acceptors (Lipinski definition) is 4. The molecule has 1 aromatic rings. The molecule has 4 nitrogen and oxygen atoms in total. The first-order chi connectivity index (χ1) is 8.83. The Labute approximate surface area is 109 Å². The molecule has 0 aromatic carbocycles. The second-order valence-corrected chi connectivity index (χ2v) is 5.47. The van der Waals surface area contributed by atoms with E-state index in [0.717, 1.165) is 37.8 Å². The van der Waals surface area contributed by atoms with Crippen LogP contribution < -0.4 is 10.2 Å². The van der Waals surface area contributed by atoms with E-state index in [1.807, 2.05) is 0 Å². The van der Waals surface area contributed by atoms with Crippen LogP contribution in [0.1, 0.15) is 43.0 Å². The molecule has 98 valence electrons. The number of hydrogen-bond donors (Lipinski definition) is 1. The monoisotopic (exact) mass is 246 g/mol. The van der Waals surface area contributed by atoms with E-state index >= 15 is 0 Å². The zero-order chi connectivity index (χ0) is 12.4. The number of rotatable bonds is 2. The van der Waals surface area contributed by atoms with Crippen LogP contribution in [0.15, 0.2) is 6.07 Å². The lowest BCUT2D eigenvalue weighted by Crippen LogP contribution is -2.29. The first-order valence-electron chi connectivity index (χ1n) is 7.14. The van der Waals surface area contributed by atoms with Crippen LogP contribution in [-0.2, 0) is 0 Å². The summed E-state index contributed by atoms with van der Waals surface area (Å²) in [7, 11) is 0. The van der Waals surface area contributed by atoms with E-state index in [2.05, 4.69) is 28.2 Å². The maximum atomic E-state index is 4.81. The fraction of sp³-hybridized carbons (Fsp3) is 0.714. The molecule has 2 aliphatic rings. The Morgan fingerprint density at radius 1 is 1.22 bits per heavy atom. The summed E-state index contributed by atoms with van der Waals surface area (Å²) in [5.41, 5.74) is 2.34. The van der Waals surface area contributed by atoms with Crippen molar-refractivity contribution in [1.82, 2.24) is 15.3 Å². The largest absolute Gasteiger partial charge is 0.341 e. The molecule has 1 unspecified atom stereocenters. The van der Waals surface area contributed by atoms with Crippen molar-refractivity contribution in [3.63, 3.8) is 0 Å². The highest BCUT2D eigenvalue weighted by Crippen LogP contribution is 2.24. The molecule has 0 bridgehead atoms. The van der Waals surface area contributed by atoms with Gasteiger partial charge in [-0.1, -0.05) is 0 Å². The Balaban J connectivity index is 1.84. The minimum Gasteiger partial charge on any atom is -0.341 e. The van der Waals surface area contributed by atoms with Gasteiger partial charge in [-0.05, 0) is 45.2 Å². The predicted octanol–water partition coefficient (Wildman–Crippen LogP) is 1.85. The van der Waals surface area contributed by atoms with Crippen LogP contribution in [0.4, 0.5) is 5.95 Å². The third-order valence-corrected chi connectivity index (χ3v) is 3.97. The van der Waals surface area contributed by atoms with Crippen LogP contribution in [-0.4, -0.2) is 36.1 Å². The second kappa shape index (κ2) is 5.22. The number of anilines is 1. The summed E-state index contributed by atoms with van der Waals surface area (Å²) >= 11 is 0. The van der Waals surface area contributed by atoms with E-state index in [0.29, 0.717) is 5.92 Å². The van der Waals surface area contributed by atoms with Crippen molar-refractivity contribution in [2.45, 2.75) is 38.5 Å². The van der Waals surface area contributed by atoms with Crippen LogP contribution in [0.25, 0.3) is 0 Å². The summed E-state index contributed by atoms with van der Waals surface area (Å²) in [6.45, 7) is 6.54. The van der Waals surface area contributed by atoms with E-state index < -0.39 is 0 Å². The minimum atomic E-state index is 0.571. The lowest BCUT2D eigenvalue weighted by atomic mass is 9.95. The van der Waals surface area contributed by atoms with Gasteiger partial charge in [0.2, 0.25) is 5.95 Å².